The predicted octanol–water partition coefficient (Wildman–Crippen LogP) is 1.79. The van der Waals surface area contributed by atoms with Crippen molar-refractivity contribution in [3.63, 3.8) is 0 Å². The highest BCUT2D eigenvalue weighted by Crippen LogP contribution is 2.29. The Hall–Kier alpha value is -1.78. The number of hydrogen-bond acceptors (Lipinski definition) is 3. The number of carboxylic acid groups (broad SMARTS) is 1. The van der Waals surface area contributed by atoms with Gasteiger partial charge in [-0.2, -0.15) is 0 Å². The quantitative estimate of drug-likeness (QED) is 0.855. The van der Waals surface area contributed by atoms with Gasteiger partial charge in [-0.25, -0.2) is 0 Å². The van der Waals surface area contributed by atoms with Crippen molar-refractivity contribution in [3.05, 3.63) is 24.2 Å². The molecule has 2 N–H and O–H groups in total. The van der Waals surface area contributed by atoms with E-state index >= 15 is 0 Å². The van der Waals surface area contributed by atoms with E-state index in [-0.39, 0.29) is 17.7 Å². The number of carbonyl (C=O) groups is 2. The van der Waals surface area contributed by atoms with Gasteiger partial charge in [-0.05, 0) is 31.7 Å². The molecule has 1 heterocycles. The Labute approximate surface area is 105 Å². The van der Waals surface area contributed by atoms with E-state index in [2.05, 4.69) is 5.32 Å². The predicted molar refractivity (Wildman–Crippen MR) is 63.6 cm³/mol. The molecule has 2 rings (SSSR count). The second kappa shape index (κ2) is 5.71. The van der Waals surface area contributed by atoms with Gasteiger partial charge in [-0.1, -0.05) is 0 Å². The molecule has 1 saturated carbocycles. The summed E-state index contributed by atoms with van der Waals surface area (Å²) in [5, 5.41) is 11.7. The largest absolute Gasteiger partial charge is 0.481 e. The Kier molecular flexibility index (Phi) is 4.02. The number of rotatable bonds is 4. The van der Waals surface area contributed by atoms with Crippen molar-refractivity contribution >= 4 is 11.9 Å². The number of amides is 1. The summed E-state index contributed by atoms with van der Waals surface area (Å²) in [7, 11) is 0. The van der Waals surface area contributed by atoms with Crippen LogP contribution in [-0.4, -0.2) is 17.0 Å². The van der Waals surface area contributed by atoms with Gasteiger partial charge in [0.05, 0.1) is 18.4 Å². The summed E-state index contributed by atoms with van der Waals surface area (Å²) in [6, 6.07) is 1.81. The van der Waals surface area contributed by atoms with Gasteiger partial charge in [0, 0.05) is 18.0 Å². The monoisotopic (exact) mass is 251 g/mol. The maximum atomic E-state index is 11.9. The van der Waals surface area contributed by atoms with Crippen molar-refractivity contribution in [1.29, 1.82) is 0 Å². The van der Waals surface area contributed by atoms with Crippen LogP contribution >= 0.6 is 0 Å². The second-order valence-electron chi connectivity index (χ2n) is 4.74. The zero-order valence-corrected chi connectivity index (χ0v) is 10.1. The van der Waals surface area contributed by atoms with Crippen molar-refractivity contribution in [2.45, 2.75) is 32.2 Å². The number of furan rings is 1. The fourth-order valence-corrected chi connectivity index (χ4v) is 2.33. The number of carboxylic acids is 1. The maximum absolute atomic E-state index is 11.9. The Morgan fingerprint density at radius 2 is 1.94 bits per heavy atom. The average molecular weight is 251 g/mol. The van der Waals surface area contributed by atoms with E-state index < -0.39 is 5.97 Å². The van der Waals surface area contributed by atoms with Gasteiger partial charge in [-0.3, -0.25) is 9.59 Å². The third kappa shape index (κ3) is 3.12. The average Bonchev–Trinajstić information content (AvgIpc) is 2.89. The molecule has 0 radical (unpaired) electrons. The highest BCUT2D eigenvalue weighted by molar-refractivity contribution is 5.79. The van der Waals surface area contributed by atoms with Crippen LogP contribution in [0.5, 0.6) is 0 Å². The van der Waals surface area contributed by atoms with Crippen LogP contribution in [0.15, 0.2) is 23.0 Å². The van der Waals surface area contributed by atoms with Crippen LogP contribution in [0.3, 0.4) is 0 Å². The summed E-state index contributed by atoms with van der Waals surface area (Å²) in [6.07, 6.45) is 5.68. The van der Waals surface area contributed by atoms with Gasteiger partial charge in [-0.15, -0.1) is 0 Å². The number of nitrogens with one attached hydrogen (secondary N) is 1. The first kappa shape index (κ1) is 12.7. The third-order valence-corrected chi connectivity index (χ3v) is 3.49. The van der Waals surface area contributed by atoms with Crippen LogP contribution in [0.2, 0.25) is 0 Å². The molecule has 1 aromatic rings. The molecule has 98 valence electrons. The van der Waals surface area contributed by atoms with E-state index in [4.69, 9.17) is 9.52 Å². The van der Waals surface area contributed by atoms with Crippen LogP contribution in [0.1, 0.15) is 31.2 Å². The van der Waals surface area contributed by atoms with Gasteiger partial charge in [0.2, 0.25) is 5.91 Å². The van der Waals surface area contributed by atoms with Crippen LogP contribution in [-0.2, 0) is 16.1 Å². The third-order valence-electron chi connectivity index (χ3n) is 3.49. The molecule has 0 spiro atoms. The molecule has 0 saturated heterocycles. The highest BCUT2D eigenvalue weighted by atomic mass is 16.4. The lowest BCUT2D eigenvalue weighted by Crippen LogP contribution is -2.33. The SMILES string of the molecule is O=C(O)C1CCC(C(=O)NCc2ccoc2)CC1. The van der Waals surface area contributed by atoms with Crippen LogP contribution in [0, 0.1) is 11.8 Å². The molecule has 18 heavy (non-hydrogen) atoms. The lowest BCUT2D eigenvalue weighted by Gasteiger charge is -2.25. The minimum atomic E-state index is -0.743. The Morgan fingerprint density at radius 1 is 1.28 bits per heavy atom. The summed E-state index contributed by atoms with van der Waals surface area (Å²) in [6.45, 7) is 0.466. The molecule has 1 aliphatic carbocycles. The summed E-state index contributed by atoms with van der Waals surface area (Å²) in [5.74, 6) is -1.05. The minimum Gasteiger partial charge on any atom is -0.481 e. The minimum absolute atomic E-state index is 0.0139. The maximum Gasteiger partial charge on any atom is 0.306 e. The molecule has 5 heteroatoms. The molecule has 0 atom stereocenters. The molecular weight excluding hydrogens is 234 g/mol. The summed E-state index contributed by atoms with van der Waals surface area (Å²) < 4.78 is 4.92. The zero-order chi connectivity index (χ0) is 13.0. The number of aliphatic carboxylic acids is 1. The molecule has 1 aromatic heterocycles. The molecule has 0 bridgehead atoms. The smallest absolute Gasteiger partial charge is 0.306 e. The van der Waals surface area contributed by atoms with Crippen molar-refractivity contribution in [3.8, 4) is 0 Å². The molecule has 5 nitrogen and oxygen atoms in total. The van der Waals surface area contributed by atoms with Crippen molar-refractivity contribution in [2.24, 2.45) is 11.8 Å². The molecule has 1 amide bonds. The van der Waals surface area contributed by atoms with Crippen molar-refractivity contribution in [1.82, 2.24) is 5.32 Å². The van der Waals surface area contributed by atoms with Crippen LogP contribution in [0.25, 0.3) is 0 Å². The Morgan fingerprint density at radius 3 is 2.50 bits per heavy atom. The fraction of sp³-hybridized carbons (Fsp3) is 0.538. The van der Waals surface area contributed by atoms with E-state index in [1.165, 1.54) is 0 Å². The van der Waals surface area contributed by atoms with Gasteiger partial charge < -0.3 is 14.8 Å². The first-order valence-electron chi connectivity index (χ1n) is 6.18. The molecule has 0 unspecified atom stereocenters. The number of hydrogen-bond donors (Lipinski definition) is 2. The van der Waals surface area contributed by atoms with Crippen LogP contribution in [0.4, 0.5) is 0 Å². The summed E-state index contributed by atoms with van der Waals surface area (Å²) >= 11 is 0. The lowest BCUT2D eigenvalue weighted by molar-refractivity contribution is -0.144. The first-order valence-corrected chi connectivity index (χ1v) is 6.18. The molecule has 1 aliphatic rings. The normalized spacial score (nSPS) is 23.6. The molecular formula is C13H17NO4. The highest BCUT2D eigenvalue weighted by Gasteiger charge is 2.29. The van der Waals surface area contributed by atoms with Gasteiger partial charge in [0.15, 0.2) is 0 Å². The van der Waals surface area contributed by atoms with Crippen molar-refractivity contribution < 1.29 is 19.1 Å². The van der Waals surface area contributed by atoms with Crippen LogP contribution < -0.4 is 5.32 Å². The van der Waals surface area contributed by atoms with E-state index in [1.54, 1.807) is 12.5 Å². The molecule has 0 aromatic carbocycles. The standard InChI is InChI=1S/C13H17NO4/c15-12(14-7-9-5-6-18-8-9)10-1-3-11(4-2-10)13(16)17/h5-6,8,10-11H,1-4,7H2,(H,14,15)(H,16,17). The summed E-state index contributed by atoms with van der Waals surface area (Å²) in [5.41, 5.74) is 0.933. The Balaban J connectivity index is 1.75. The zero-order valence-electron chi connectivity index (χ0n) is 10.1. The van der Waals surface area contributed by atoms with E-state index in [0.29, 0.717) is 32.2 Å². The second-order valence-corrected chi connectivity index (χ2v) is 4.74. The van der Waals surface area contributed by atoms with Gasteiger partial charge >= 0.3 is 5.97 Å². The molecule has 1 fully saturated rings. The van der Waals surface area contributed by atoms with E-state index in [1.807, 2.05) is 6.07 Å². The van der Waals surface area contributed by atoms with E-state index in [0.717, 1.165) is 5.56 Å². The summed E-state index contributed by atoms with van der Waals surface area (Å²) in [4.78, 5) is 22.7. The number of carbonyl (C=O) groups excluding carboxylic acids is 1. The van der Waals surface area contributed by atoms with Crippen molar-refractivity contribution in [2.75, 3.05) is 0 Å². The lowest BCUT2D eigenvalue weighted by atomic mass is 9.81. The van der Waals surface area contributed by atoms with Gasteiger partial charge in [0.25, 0.3) is 0 Å². The molecule has 0 aliphatic heterocycles. The first-order chi connectivity index (χ1) is 8.66. The fourth-order valence-electron chi connectivity index (χ4n) is 2.33. The van der Waals surface area contributed by atoms with Gasteiger partial charge in [0.1, 0.15) is 0 Å². The van der Waals surface area contributed by atoms with E-state index in [9.17, 15) is 9.59 Å². The topological polar surface area (TPSA) is 79.5 Å². The Bertz CT molecular complexity index is 405.